The van der Waals surface area contributed by atoms with Crippen molar-refractivity contribution in [3.05, 3.63) is 28.0 Å². The Morgan fingerprint density at radius 3 is 2.63 bits per heavy atom. The van der Waals surface area contributed by atoms with E-state index in [1.807, 2.05) is 0 Å². The predicted octanol–water partition coefficient (Wildman–Crippen LogP) is 3.18. The summed E-state index contributed by atoms with van der Waals surface area (Å²) in [6, 6.07) is 2.85. The highest BCUT2D eigenvalue weighted by Gasteiger charge is 2.33. The molecule has 102 valence electrons. The number of halogens is 2. The highest BCUT2D eigenvalue weighted by molar-refractivity contribution is 6.33. The van der Waals surface area contributed by atoms with E-state index in [2.05, 4.69) is 11.9 Å². The Kier molecular flexibility index (Phi) is 4.42. The van der Waals surface area contributed by atoms with Crippen LogP contribution in [0.4, 0.5) is 0 Å². The van der Waals surface area contributed by atoms with Crippen molar-refractivity contribution in [1.29, 1.82) is 0 Å². The summed E-state index contributed by atoms with van der Waals surface area (Å²) in [5.41, 5.74) is 0.301. The van der Waals surface area contributed by atoms with Crippen LogP contribution in [0.15, 0.2) is 12.1 Å². The summed E-state index contributed by atoms with van der Waals surface area (Å²) < 4.78 is 0. The minimum Gasteiger partial charge on any atom is -0.278 e. The van der Waals surface area contributed by atoms with Crippen LogP contribution in [0, 0.1) is 5.92 Å². The molecular formula is C13H14Cl2N2O2. The average Bonchev–Trinajstić information content (AvgIpc) is 2.68. The number of imide groups is 1. The molecule has 1 unspecified atom stereocenters. The van der Waals surface area contributed by atoms with E-state index in [1.165, 1.54) is 17.0 Å². The number of rotatable bonds is 3. The molecule has 1 aromatic rings. The SMILES string of the molecule is CCCC1CC(=O)N(C(=O)c2cc(Cl)nc(Cl)c2)C1. The number of hydrogen-bond donors (Lipinski definition) is 0. The van der Waals surface area contributed by atoms with Crippen LogP contribution >= 0.6 is 23.2 Å². The molecule has 0 saturated carbocycles. The minimum absolute atomic E-state index is 0.132. The summed E-state index contributed by atoms with van der Waals surface area (Å²) in [4.78, 5) is 29.2. The van der Waals surface area contributed by atoms with Gasteiger partial charge in [-0.05, 0) is 24.5 Å². The highest BCUT2D eigenvalue weighted by Crippen LogP contribution is 2.25. The van der Waals surface area contributed by atoms with Gasteiger partial charge in [0.2, 0.25) is 5.91 Å². The number of carbonyl (C=O) groups excluding carboxylic acids is 2. The Bertz CT molecular complexity index is 499. The molecular weight excluding hydrogens is 287 g/mol. The zero-order valence-corrected chi connectivity index (χ0v) is 12.0. The lowest BCUT2D eigenvalue weighted by molar-refractivity contribution is -0.125. The molecule has 0 bridgehead atoms. The van der Waals surface area contributed by atoms with E-state index < -0.39 is 0 Å². The van der Waals surface area contributed by atoms with Crippen LogP contribution in [0.1, 0.15) is 36.5 Å². The van der Waals surface area contributed by atoms with E-state index in [-0.39, 0.29) is 28.0 Å². The van der Waals surface area contributed by atoms with Crippen molar-refractivity contribution in [1.82, 2.24) is 9.88 Å². The Balaban J connectivity index is 2.18. The molecule has 1 aromatic heterocycles. The van der Waals surface area contributed by atoms with Crippen LogP contribution < -0.4 is 0 Å². The van der Waals surface area contributed by atoms with Gasteiger partial charge in [-0.25, -0.2) is 4.98 Å². The van der Waals surface area contributed by atoms with Crippen molar-refractivity contribution >= 4 is 35.0 Å². The smallest absolute Gasteiger partial charge is 0.260 e. The lowest BCUT2D eigenvalue weighted by Gasteiger charge is -2.15. The van der Waals surface area contributed by atoms with Gasteiger partial charge in [-0.15, -0.1) is 0 Å². The predicted molar refractivity (Wildman–Crippen MR) is 73.3 cm³/mol. The molecule has 1 saturated heterocycles. The molecule has 2 amide bonds. The van der Waals surface area contributed by atoms with Gasteiger partial charge < -0.3 is 0 Å². The van der Waals surface area contributed by atoms with E-state index in [0.29, 0.717) is 18.5 Å². The molecule has 4 nitrogen and oxygen atoms in total. The van der Waals surface area contributed by atoms with Crippen molar-refractivity contribution in [2.24, 2.45) is 5.92 Å². The van der Waals surface area contributed by atoms with Gasteiger partial charge in [-0.3, -0.25) is 14.5 Å². The fourth-order valence-electron chi connectivity index (χ4n) is 2.32. The lowest BCUT2D eigenvalue weighted by Crippen LogP contribution is -2.32. The Labute approximate surface area is 121 Å². The van der Waals surface area contributed by atoms with Crippen molar-refractivity contribution in [2.45, 2.75) is 26.2 Å². The molecule has 1 aliphatic rings. The van der Waals surface area contributed by atoms with Gasteiger partial charge in [0.25, 0.3) is 5.91 Å². The summed E-state index contributed by atoms with van der Waals surface area (Å²) in [5.74, 6) is -0.225. The summed E-state index contributed by atoms with van der Waals surface area (Å²) >= 11 is 11.5. The molecule has 1 atom stereocenters. The molecule has 0 aromatic carbocycles. The van der Waals surface area contributed by atoms with Crippen molar-refractivity contribution in [3.8, 4) is 0 Å². The second kappa shape index (κ2) is 5.88. The first kappa shape index (κ1) is 14.3. The highest BCUT2D eigenvalue weighted by atomic mass is 35.5. The fourth-order valence-corrected chi connectivity index (χ4v) is 2.78. The van der Waals surface area contributed by atoms with Crippen molar-refractivity contribution in [2.75, 3.05) is 6.54 Å². The standard InChI is InChI=1S/C13H14Cl2N2O2/c1-2-3-8-4-12(18)17(7-8)13(19)9-5-10(14)16-11(15)6-9/h5-6,8H,2-4,7H2,1H3. The summed E-state index contributed by atoms with van der Waals surface area (Å²) in [5, 5.41) is 0.292. The molecule has 0 N–H and O–H groups in total. The number of carbonyl (C=O) groups is 2. The van der Waals surface area contributed by atoms with Crippen LogP contribution in [-0.4, -0.2) is 28.2 Å². The quantitative estimate of drug-likeness (QED) is 0.636. The average molecular weight is 301 g/mol. The summed E-state index contributed by atoms with van der Waals surface area (Å²) in [6.07, 6.45) is 2.40. The molecule has 6 heteroatoms. The van der Waals surface area contributed by atoms with E-state index in [9.17, 15) is 9.59 Å². The minimum atomic E-state index is -0.352. The maximum Gasteiger partial charge on any atom is 0.260 e. The molecule has 1 aliphatic heterocycles. The number of pyridine rings is 1. The zero-order valence-electron chi connectivity index (χ0n) is 10.5. The van der Waals surface area contributed by atoms with Gasteiger partial charge in [0, 0.05) is 18.5 Å². The second-order valence-corrected chi connectivity index (χ2v) is 5.44. The first-order valence-corrected chi connectivity index (χ1v) is 6.94. The number of hydrogen-bond acceptors (Lipinski definition) is 3. The molecule has 1 fully saturated rings. The zero-order chi connectivity index (χ0) is 14.0. The van der Waals surface area contributed by atoms with E-state index in [1.54, 1.807) is 0 Å². The molecule has 19 heavy (non-hydrogen) atoms. The van der Waals surface area contributed by atoms with Gasteiger partial charge in [-0.2, -0.15) is 0 Å². The maximum absolute atomic E-state index is 12.3. The van der Waals surface area contributed by atoms with Gasteiger partial charge in [-0.1, -0.05) is 36.5 Å². The van der Waals surface area contributed by atoms with E-state index in [0.717, 1.165) is 12.8 Å². The summed E-state index contributed by atoms with van der Waals surface area (Å²) in [7, 11) is 0. The number of nitrogens with zero attached hydrogens (tertiary/aromatic N) is 2. The lowest BCUT2D eigenvalue weighted by atomic mass is 10.0. The van der Waals surface area contributed by atoms with Crippen LogP contribution in [0.3, 0.4) is 0 Å². The first-order valence-electron chi connectivity index (χ1n) is 6.19. The largest absolute Gasteiger partial charge is 0.278 e. The third-order valence-electron chi connectivity index (χ3n) is 3.16. The van der Waals surface area contributed by atoms with E-state index in [4.69, 9.17) is 23.2 Å². The first-order chi connectivity index (χ1) is 9.01. The Hall–Kier alpha value is -1.13. The second-order valence-electron chi connectivity index (χ2n) is 4.67. The normalized spacial score (nSPS) is 19.0. The molecule has 2 rings (SSSR count). The fraction of sp³-hybridized carbons (Fsp3) is 0.462. The van der Waals surface area contributed by atoms with Gasteiger partial charge in [0.05, 0.1) is 0 Å². The number of aromatic nitrogens is 1. The van der Waals surface area contributed by atoms with E-state index >= 15 is 0 Å². The third kappa shape index (κ3) is 3.25. The third-order valence-corrected chi connectivity index (χ3v) is 3.54. The Morgan fingerprint density at radius 2 is 2.05 bits per heavy atom. The number of amides is 2. The van der Waals surface area contributed by atoms with Crippen LogP contribution in [-0.2, 0) is 4.79 Å². The van der Waals surface area contributed by atoms with Crippen LogP contribution in [0.25, 0.3) is 0 Å². The van der Waals surface area contributed by atoms with Crippen molar-refractivity contribution in [3.63, 3.8) is 0 Å². The van der Waals surface area contributed by atoms with Crippen molar-refractivity contribution < 1.29 is 9.59 Å². The maximum atomic E-state index is 12.3. The Morgan fingerprint density at radius 1 is 1.42 bits per heavy atom. The number of likely N-dealkylation sites (tertiary alicyclic amines) is 1. The van der Waals surface area contributed by atoms with Gasteiger partial charge in [0.15, 0.2) is 0 Å². The molecule has 0 radical (unpaired) electrons. The van der Waals surface area contributed by atoms with Crippen LogP contribution in [0.5, 0.6) is 0 Å². The summed E-state index contributed by atoms with van der Waals surface area (Å²) in [6.45, 7) is 2.54. The monoisotopic (exact) mass is 300 g/mol. The van der Waals surface area contributed by atoms with Crippen LogP contribution in [0.2, 0.25) is 10.3 Å². The molecule has 0 spiro atoms. The molecule has 2 heterocycles. The topological polar surface area (TPSA) is 50.3 Å². The molecule has 0 aliphatic carbocycles. The van der Waals surface area contributed by atoms with Gasteiger partial charge in [0.1, 0.15) is 10.3 Å². The van der Waals surface area contributed by atoms with Gasteiger partial charge >= 0.3 is 0 Å².